The van der Waals surface area contributed by atoms with Crippen LogP contribution >= 0.6 is 43.5 Å². The van der Waals surface area contributed by atoms with Crippen LogP contribution in [0.5, 0.6) is 11.6 Å². The summed E-state index contributed by atoms with van der Waals surface area (Å²) in [5.74, 6) is 1.25. The van der Waals surface area contributed by atoms with Gasteiger partial charge in [-0.3, -0.25) is 0 Å². The Hall–Kier alpha value is -0.620. The molecule has 0 amide bonds. The number of ether oxygens (including phenoxy) is 1. The van der Waals surface area contributed by atoms with Crippen LogP contribution in [-0.2, 0) is 6.54 Å². The van der Waals surface area contributed by atoms with Crippen LogP contribution in [0.25, 0.3) is 0 Å². The maximum Gasteiger partial charge on any atom is 0.223 e. The highest BCUT2D eigenvalue weighted by Gasteiger charge is 2.09. The molecule has 0 unspecified atom stereocenters. The molecule has 100 valence electrons. The van der Waals surface area contributed by atoms with Crippen molar-refractivity contribution < 1.29 is 4.74 Å². The van der Waals surface area contributed by atoms with Crippen molar-refractivity contribution >= 4 is 43.5 Å². The molecule has 0 spiro atoms. The van der Waals surface area contributed by atoms with E-state index in [4.69, 9.17) is 16.3 Å². The maximum atomic E-state index is 5.90. The second kappa shape index (κ2) is 6.70. The lowest BCUT2D eigenvalue weighted by Crippen LogP contribution is -2.07. The third-order valence-corrected chi connectivity index (χ3v) is 3.65. The van der Waals surface area contributed by atoms with E-state index in [0.717, 1.165) is 14.5 Å². The average Bonchev–Trinajstić information content (AvgIpc) is 2.36. The Morgan fingerprint density at radius 1 is 1.32 bits per heavy atom. The van der Waals surface area contributed by atoms with E-state index in [9.17, 15) is 0 Å². The fourth-order valence-electron chi connectivity index (χ4n) is 1.54. The highest BCUT2D eigenvalue weighted by atomic mass is 79.9. The molecule has 0 saturated heterocycles. The highest BCUT2D eigenvalue weighted by molar-refractivity contribution is 9.10. The summed E-state index contributed by atoms with van der Waals surface area (Å²) in [7, 11) is 1.88. The lowest BCUT2D eigenvalue weighted by Gasteiger charge is -2.11. The quantitative estimate of drug-likeness (QED) is 0.794. The molecule has 0 fully saturated rings. The smallest absolute Gasteiger partial charge is 0.223 e. The molecule has 0 aliphatic carbocycles. The molecule has 0 radical (unpaired) electrons. The minimum atomic E-state index is 0.570. The monoisotopic (exact) mass is 404 g/mol. The fourth-order valence-corrected chi connectivity index (χ4v) is 2.68. The van der Waals surface area contributed by atoms with Crippen molar-refractivity contribution in [2.45, 2.75) is 6.54 Å². The van der Waals surface area contributed by atoms with Crippen molar-refractivity contribution in [2.75, 3.05) is 7.05 Å². The summed E-state index contributed by atoms with van der Waals surface area (Å²) in [5.41, 5.74) is 0.971. The number of nitrogens with one attached hydrogen (secondary N) is 1. The third-order valence-electron chi connectivity index (χ3n) is 2.36. The number of halogens is 3. The number of nitrogens with zero attached hydrogens (tertiary/aromatic N) is 1. The van der Waals surface area contributed by atoms with Crippen LogP contribution in [0, 0.1) is 0 Å². The van der Waals surface area contributed by atoms with Gasteiger partial charge >= 0.3 is 0 Å². The van der Waals surface area contributed by atoms with Crippen molar-refractivity contribution in [2.24, 2.45) is 0 Å². The molecule has 0 atom stereocenters. The predicted octanol–water partition coefficient (Wildman–Crippen LogP) is 4.77. The molecule has 1 aromatic carbocycles. The summed E-state index contributed by atoms with van der Waals surface area (Å²) in [5, 5.41) is 3.74. The van der Waals surface area contributed by atoms with Gasteiger partial charge in [-0.15, -0.1) is 0 Å². The van der Waals surface area contributed by atoms with E-state index >= 15 is 0 Å². The van der Waals surface area contributed by atoms with Gasteiger partial charge in [-0.2, -0.15) is 0 Å². The van der Waals surface area contributed by atoms with E-state index in [2.05, 4.69) is 42.2 Å². The van der Waals surface area contributed by atoms with Gasteiger partial charge in [-0.05, 0) is 63.2 Å². The Morgan fingerprint density at radius 2 is 2.11 bits per heavy atom. The molecule has 1 N–H and O–H groups in total. The van der Waals surface area contributed by atoms with Crippen LogP contribution in [0.4, 0.5) is 0 Å². The van der Waals surface area contributed by atoms with E-state index in [1.54, 1.807) is 24.4 Å². The SMILES string of the molecule is CNCc1cc(Br)cnc1Oc1ccc(Cl)cc1Br. The lowest BCUT2D eigenvalue weighted by molar-refractivity contribution is 0.451. The van der Waals surface area contributed by atoms with Gasteiger partial charge in [0.05, 0.1) is 4.47 Å². The first-order valence-electron chi connectivity index (χ1n) is 5.52. The Kier molecular flexibility index (Phi) is 5.21. The average molecular weight is 407 g/mol. The Labute approximate surface area is 133 Å². The first-order valence-corrected chi connectivity index (χ1v) is 7.48. The molecule has 2 aromatic rings. The van der Waals surface area contributed by atoms with Gasteiger partial charge in [-0.25, -0.2) is 4.98 Å². The molecule has 1 heterocycles. The molecule has 3 nitrogen and oxygen atoms in total. The lowest BCUT2D eigenvalue weighted by atomic mass is 10.2. The van der Waals surface area contributed by atoms with Crippen LogP contribution in [0.2, 0.25) is 5.02 Å². The first-order chi connectivity index (χ1) is 9.10. The number of aromatic nitrogens is 1. The van der Waals surface area contributed by atoms with Crippen molar-refractivity contribution in [1.82, 2.24) is 10.3 Å². The second-order valence-corrected chi connectivity index (χ2v) is 6.03. The second-order valence-electron chi connectivity index (χ2n) is 3.82. The number of benzene rings is 1. The Bertz CT molecular complexity index is 593. The van der Waals surface area contributed by atoms with E-state index in [-0.39, 0.29) is 0 Å². The topological polar surface area (TPSA) is 34.2 Å². The van der Waals surface area contributed by atoms with Gasteiger partial charge < -0.3 is 10.1 Å². The van der Waals surface area contributed by atoms with Crippen LogP contribution in [-0.4, -0.2) is 12.0 Å². The molecule has 0 aliphatic rings. The van der Waals surface area contributed by atoms with Crippen molar-refractivity contribution in [1.29, 1.82) is 0 Å². The van der Waals surface area contributed by atoms with Gasteiger partial charge in [-0.1, -0.05) is 11.6 Å². The molecule has 0 bridgehead atoms. The normalized spacial score (nSPS) is 10.5. The number of pyridine rings is 1. The predicted molar refractivity (Wildman–Crippen MR) is 83.9 cm³/mol. The summed E-state index contributed by atoms with van der Waals surface area (Å²) < 4.78 is 7.53. The zero-order chi connectivity index (χ0) is 13.8. The summed E-state index contributed by atoms with van der Waals surface area (Å²) in [6.07, 6.45) is 1.71. The number of hydrogen-bond donors (Lipinski definition) is 1. The van der Waals surface area contributed by atoms with E-state index < -0.39 is 0 Å². The van der Waals surface area contributed by atoms with E-state index in [0.29, 0.717) is 23.2 Å². The van der Waals surface area contributed by atoms with Crippen LogP contribution in [0.3, 0.4) is 0 Å². The van der Waals surface area contributed by atoms with Gasteiger partial charge in [0.2, 0.25) is 5.88 Å². The number of hydrogen-bond acceptors (Lipinski definition) is 3. The van der Waals surface area contributed by atoms with Crippen molar-refractivity contribution in [3.8, 4) is 11.6 Å². The maximum absolute atomic E-state index is 5.90. The van der Waals surface area contributed by atoms with E-state index in [1.165, 1.54) is 0 Å². The summed E-state index contributed by atoms with van der Waals surface area (Å²) in [4.78, 5) is 4.29. The largest absolute Gasteiger partial charge is 0.438 e. The Morgan fingerprint density at radius 3 is 2.79 bits per heavy atom. The fraction of sp³-hybridized carbons (Fsp3) is 0.154. The Balaban J connectivity index is 2.32. The molecule has 19 heavy (non-hydrogen) atoms. The standard InChI is InChI=1S/C13H11Br2ClN2O/c1-17-6-8-4-9(14)7-18-13(8)19-12-3-2-10(16)5-11(12)15/h2-5,7,17H,6H2,1H3. The van der Waals surface area contributed by atoms with Crippen LogP contribution in [0.15, 0.2) is 39.4 Å². The first kappa shape index (κ1) is 14.8. The van der Waals surface area contributed by atoms with Crippen molar-refractivity contribution in [3.05, 3.63) is 50.0 Å². The van der Waals surface area contributed by atoms with Gasteiger partial charge in [0.1, 0.15) is 5.75 Å². The van der Waals surface area contributed by atoms with Crippen LogP contribution in [0.1, 0.15) is 5.56 Å². The van der Waals surface area contributed by atoms with E-state index in [1.807, 2.05) is 13.1 Å². The van der Waals surface area contributed by atoms with Crippen molar-refractivity contribution in [3.63, 3.8) is 0 Å². The third kappa shape index (κ3) is 3.92. The van der Waals surface area contributed by atoms with Gasteiger partial charge in [0.15, 0.2) is 0 Å². The highest BCUT2D eigenvalue weighted by Crippen LogP contribution is 2.33. The van der Waals surface area contributed by atoms with Gasteiger partial charge in [0.25, 0.3) is 0 Å². The zero-order valence-electron chi connectivity index (χ0n) is 10.1. The minimum absolute atomic E-state index is 0.570. The summed E-state index contributed by atoms with van der Waals surface area (Å²) in [6, 6.07) is 7.34. The van der Waals surface area contributed by atoms with Gasteiger partial charge in [0, 0.05) is 27.8 Å². The molecule has 0 aliphatic heterocycles. The molecular formula is C13H11Br2ClN2O. The summed E-state index contributed by atoms with van der Waals surface area (Å²) in [6.45, 7) is 0.674. The molecular weight excluding hydrogens is 395 g/mol. The zero-order valence-corrected chi connectivity index (χ0v) is 14.0. The molecule has 2 rings (SSSR count). The minimum Gasteiger partial charge on any atom is -0.438 e. The summed E-state index contributed by atoms with van der Waals surface area (Å²) >= 11 is 12.7. The number of rotatable bonds is 4. The molecule has 0 saturated carbocycles. The van der Waals surface area contributed by atoms with Crippen LogP contribution < -0.4 is 10.1 Å². The molecule has 1 aromatic heterocycles. The molecule has 6 heteroatoms.